The highest BCUT2D eigenvalue weighted by molar-refractivity contribution is 5.83. The summed E-state index contributed by atoms with van der Waals surface area (Å²) in [5.74, 6) is 1.72. The molecule has 2 amide bonds. The van der Waals surface area contributed by atoms with Gasteiger partial charge in [-0.1, -0.05) is 78.3 Å². The van der Waals surface area contributed by atoms with Gasteiger partial charge >= 0.3 is 6.09 Å². The maximum Gasteiger partial charge on any atom is 0.407 e. The molecule has 1 atom stereocenters. The average Bonchev–Trinajstić information content (AvgIpc) is 3.50. The van der Waals surface area contributed by atoms with Crippen LogP contribution in [-0.2, 0) is 9.53 Å². The molecule has 0 aliphatic heterocycles. The van der Waals surface area contributed by atoms with Crippen LogP contribution in [0.25, 0.3) is 16.7 Å². The number of tetrazole rings is 1. The maximum absolute atomic E-state index is 11.5. The third-order valence-corrected chi connectivity index (χ3v) is 5.97. The Labute approximate surface area is 269 Å². The number of carbonyl (C=O) groups excluding carboxylic acids is 2. The second-order valence-electron chi connectivity index (χ2n) is 11.6. The summed E-state index contributed by atoms with van der Waals surface area (Å²) in [5.41, 5.74) is 3.99. The molecule has 4 aromatic rings. The molecule has 2 aromatic carbocycles. The lowest BCUT2D eigenvalue weighted by atomic mass is 9.98. The minimum Gasteiger partial charge on any atom is -0.444 e. The number of carbonyl (C=O) groups is 2. The lowest BCUT2D eigenvalue weighted by molar-refractivity contribution is -0.118. The molecule has 2 aromatic heterocycles. The van der Waals surface area contributed by atoms with E-state index in [9.17, 15) is 9.59 Å². The molecule has 2 N–H and O–H groups in total. The van der Waals surface area contributed by atoms with Crippen LogP contribution in [0.3, 0.4) is 0 Å². The van der Waals surface area contributed by atoms with E-state index >= 15 is 0 Å². The number of nitrogens with zero attached hydrogens (tertiary/aromatic N) is 6. The number of hydrogen-bond acceptors (Lipinski definition) is 8. The molecule has 1 unspecified atom stereocenters. The largest absolute Gasteiger partial charge is 0.444 e. The molecule has 11 nitrogen and oxygen atoms in total. The highest BCUT2D eigenvalue weighted by Crippen LogP contribution is 2.22. The molecular formula is C34H54N8O3. The Morgan fingerprint density at radius 2 is 1.67 bits per heavy atom. The van der Waals surface area contributed by atoms with Crippen molar-refractivity contribution in [1.82, 2.24) is 35.2 Å². The average molecular weight is 623 g/mol. The second kappa shape index (κ2) is 19.9. The smallest absolute Gasteiger partial charge is 0.407 e. The summed E-state index contributed by atoms with van der Waals surface area (Å²) in [7, 11) is 0. The minimum absolute atomic E-state index is 0.405. The summed E-state index contributed by atoms with van der Waals surface area (Å²) >= 11 is 0. The van der Waals surface area contributed by atoms with Gasteiger partial charge < -0.3 is 20.3 Å². The van der Waals surface area contributed by atoms with Gasteiger partial charge in [0.15, 0.2) is 5.82 Å². The molecule has 0 aliphatic carbocycles. The highest BCUT2D eigenvalue weighted by atomic mass is 16.6. The van der Waals surface area contributed by atoms with Gasteiger partial charge in [-0.2, -0.15) is 4.52 Å². The fraction of sp³-hybridized carbons (Fsp3) is 0.529. The molecule has 2 heterocycles. The zero-order chi connectivity index (χ0) is 34.0. The monoisotopic (exact) mass is 622 g/mol. The van der Waals surface area contributed by atoms with Crippen LogP contribution in [0.15, 0.2) is 48.5 Å². The number of para-hydroxylation sites is 2. The first-order valence-electron chi connectivity index (χ1n) is 15.9. The number of hydrogen-bond donors (Lipinski definition) is 2. The van der Waals surface area contributed by atoms with Crippen molar-refractivity contribution in [3.05, 3.63) is 54.1 Å². The normalized spacial score (nSPS) is 11.2. The molecular weight excluding hydrogens is 568 g/mol. The summed E-state index contributed by atoms with van der Waals surface area (Å²) in [6.07, 6.45) is 1.48. The number of alkyl carbamates (subject to hydrolysis) is 1. The van der Waals surface area contributed by atoms with E-state index in [4.69, 9.17) is 4.74 Å². The van der Waals surface area contributed by atoms with Crippen molar-refractivity contribution >= 4 is 40.7 Å². The van der Waals surface area contributed by atoms with Crippen molar-refractivity contribution < 1.29 is 14.3 Å². The van der Waals surface area contributed by atoms with Gasteiger partial charge in [0.1, 0.15) is 5.60 Å². The lowest BCUT2D eigenvalue weighted by Gasteiger charge is -2.24. The molecule has 0 bridgehead atoms. The summed E-state index contributed by atoms with van der Waals surface area (Å²) in [6.45, 7) is 23.6. The first-order chi connectivity index (χ1) is 21.4. The molecule has 0 spiro atoms. The van der Waals surface area contributed by atoms with Gasteiger partial charge in [-0.15, -0.1) is 5.10 Å². The van der Waals surface area contributed by atoms with E-state index in [1.54, 1.807) is 9.42 Å². The standard InChI is InChI=1S/C15H12N6.C15H30N2O3.2C2H6/c1-10-6-8-11(9-7-10)16-14-15-18-19-20-21(15)13-5-3-2-4-12(13)17-14;1-12(2)9-13(3)10-17(11-18)8-7-16-14(19)20-15(4,5)6;2*1-2/h2-9H,1H3,(H,16,17);11-13H,7-10H2,1-6H3,(H,16,19);2*1-2H3. The van der Waals surface area contributed by atoms with E-state index in [2.05, 4.69) is 58.8 Å². The van der Waals surface area contributed by atoms with Crippen LogP contribution in [0.4, 0.5) is 16.3 Å². The first-order valence-corrected chi connectivity index (χ1v) is 15.9. The molecule has 0 saturated carbocycles. The molecule has 0 aliphatic rings. The summed E-state index contributed by atoms with van der Waals surface area (Å²) in [5, 5.41) is 17.8. The zero-order valence-corrected chi connectivity index (χ0v) is 29.1. The summed E-state index contributed by atoms with van der Waals surface area (Å²) in [6, 6.07) is 15.9. The number of anilines is 2. The molecule has 45 heavy (non-hydrogen) atoms. The fourth-order valence-electron chi connectivity index (χ4n) is 4.35. The number of aryl methyl sites for hydroxylation is 1. The SMILES string of the molecule is CC.CC.CC(C)CC(C)CN(C=O)CCNC(=O)OC(C)(C)C.Cc1ccc(Nc2nc3ccccc3n3nnnc23)cc1. The Balaban J connectivity index is 0.000000406. The van der Waals surface area contributed by atoms with Crippen molar-refractivity contribution in [3.8, 4) is 0 Å². The molecule has 11 heteroatoms. The summed E-state index contributed by atoms with van der Waals surface area (Å²) in [4.78, 5) is 28.8. The van der Waals surface area contributed by atoms with Gasteiger partial charge in [0.2, 0.25) is 12.1 Å². The van der Waals surface area contributed by atoms with Crippen molar-refractivity contribution in [2.75, 3.05) is 25.0 Å². The quantitative estimate of drug-likeness (QED) is 0.175. The van der Waals surface area contributed by atoms with Gasteiger partial charge in [-0.3, -0.25) is 4.79 Å². The van der Waals surface area contributed by atoms with Gasteiger partial charge in [-0.25, -0.2) is 9.78 Å². The van der Waals surface area contributed by atoms with E-state index in [0.717, 1.165) is 36.1 Å². The van der Waals surface area contributed by atoms with Gasteiger partial charge in [-0.05, 0) is 80.6 Å². The van der Waals surface area contributed by atoms with Crippen molar-refractivity contribution in [2.45, 2.75) is 88.2 Å². The van der Waals surface area contributed by atoms with Crippen LogP contribution >= 0.6 is 0 Å². The van der Waals surface area contributed by atoms with Crippen LogP contribution in [0.1, 0.15) is 81.2 Å². The van der Waals surface area contributed by atoms with Crippen LogP contribution < -0.4 is 10.6 Å². The topological polar surface area (TPSA) is 127 Å². The number of rotatable bonds is 10. The van der Waals surface area contributed by atoms with Crippen molar-refractivity contribution in [2.24, 2.45) is 11.8 Å². The van der Waals surface area contributed by atoms with Crippen molar-refractivity contribution in [1.29, 1.82) is 0 Å². The van der Waals surface area contributed by atoms with Gasteiger partial charge in [0.05, 0.1) is 11.0 Å². The minimum atomic E-state index is -0.500. The lowest BCUT2D eigenvalue weighted by Crippen LogP contribution is -2.38. The van der Waals surface area contributed by atoms with Crippen LogP contribution in [0.5, 0.6) is 0 Å². The number of aromatic nitrogens is 5. The van der Waals surface area contributed by atoms with Crippen LogP contribution in [0, 0.1) is 18.8 Å². The number of nitrogens with one attached hydrogen (secondary N) is 2. The van der Waals surface area contributed by atoms with Crippen molar-refractivity contribution in [3.63, 3.8) is 0 Å². The number of amides is 2. The zero-order valence-electron chi connectivity index (χ0n) is 29.1. The van der Waals surface area contributed by atoms with E-state index < -0.39 is 11.7 Å². The van der Waals surface area contributed by atoms with Gasteiger partial charge in [0.25, 0.3) is 0 Å². The van der Waals surface area contributed by atoms with E-state index in [1.165, 1.54) is 5.56 Å². The Morgan fingerprint density at radius 3 is 2.27 bits per heavy atom. The predicted molar refractivity (Wildman–Crippen MR) is 184 cm³/mol. The molecule has 4 rings (SSSR count). The second-order valence-corrected chi connectivity index (χ2v) is 11.6. The highest BCUT2D eigenvalue weighted by Gasteiger charge is 2.16. The van der Waals surface area contributed by atoms with Gasteiger partial charge in [0, 0.05) is 25.3 Å². The van der Waals surface area contributed by atoms with E-state index in [0.29, 0.717) is 36.4 Å². The Morgan fingerprint density at radius 1 is 1.02 bits per heavy atom. The number of benzene rings is 2. The van der Waals surface area contributed by atoms with Crippen LogP contribution in [0.2, 0.25) is 0 Å². The Bertz CT molecular complexity index is 1410. The number of fused-ring (bicyclic) bond motifs is 3. The maximum atomic E-state index is 11.5. The molecule has 0 saturated heterocycles. The fourth-order valence-corrected chi connectivity index (χ4v) is 4.35. The molecule has 0 fully saturated rings. The molecule has 0 radical (unpaired) electrons. The third kappa shape index (κ3) is 13.9. The van der Waals surface area contributed by atoms with E-state index in [1.807, 2.05) is 97.0 Å². The summed E-state index contributed by atoms with van der Waals surface area (Å²) < 4.78 is 6.82. The Kier molecular flexibility index (Phi) is 17.1. The Hall–Kier alpha value is -4.28. The van der Waals surface area contributed by atoms with E-state index in [-0.39, 0.29) is 0 Å². The third-order valence-electron chi connectivity index (χ3n) is 5.97. The first kappa shape index (κ1) is 38.7. The van der Waals surface area contributed by atoms with Crippen LogP contribution in [-0.4, -0.2) is 67.7 Å². The predicted octanol–water partition coefficient (Wildman–Crippen LogP) is 7.43. The molecule has 248 valence electrons. The number of ether oxygens (including phenoxy) is 1.